The number of carbonyl (C=O) groups is 3. The molecule has 184 valence electrons. The van der Waals surface area contributed by atoms with Gasteiger partial charge in [-0.3, -0.25) is 9.69 Å². The van der Waals surface area contributed by atoms with Crippen LogP contribution in [-0.2, 0) is 14.3 Å². The van der Waals surface area contributed by atoms with Crippen molar-refractivity contribution in [3.05, 3.63) is 24.3 Å². The number of nitrogens with one attached hydrogen (secondary N) is 1. The molecule has 1 fully saturated rings. The van der Waals surface area contributed by atoms with Crippen molar-refractivity contribution in [3.8, 4) is 5.75 Å². The molecule has 33 heavy (non-hydrogen) atoms. The molecule has 0 spiro atoms. The standard InChI is InChI=1S/C25H38N2O6/c1-24(2,3)32-22(29)26-15-14-21(28)31-20-13-9-12-19(16-20)27(17-18-10-7-8-11-18)23(30)33-25(4,5)6/h9,12-13,16,18H,7-8,10-11,14-15,17H2,1-6H3,(H,26,29). The molecule has 8 heteroatoms. The molecule has 1 aromatic carbocycles. The third-order valence-electron chi connectivity index (χ3n) is 4.89. The molecule has 0 aromatic heterocycles. The fraction of sp³-hybridized carbons (Fsp3) is 0.640. The molecule has 1 aromatic rings. The van der Waals surface area contributed by atoms with Crippen molar-refractivity contribution in [2.45, 2.75) is 84.8 Å². The van der Waals surface area contributed by atoms with Gasteiger partial charge >= 0.3 is 18.2 Å². The zero-order valence-corrected chi connectivity index (χ0v) is 20.7. The molecule has 0 bridgehead atoms. The maximum absolute atomic E-state index is 12.9. The van der Waals surface area contributed by atoms with E-state index in [9.17, 15) is 14.4 Å². The molecule has 0 unspecified atom stereocenters. The molecular formula is C25H38N2O6. The summed E-state index contributed by atoms with van der Waals surface area (Å²) < 4.78 is 16.2. The maximum Gasteiger partial charge on any atom is 0.414 e. The van der Waals surface area contributed by atoms with Crippen molar-refractivity contribution in [1.29, 1.82) is 0 Å². The van der Waals surface area contributed by atoms with Crippen LogP contribution >= 0.6 is 0 Å². The molecule has 0 heterocycles. The first kappa shape index (κ1) is 26.5. The Hall–Kier alpha value is -2.77. The zero-order valence-electron chi connectivity index (χ0n) is 20.7. The van der Waals surface area contributed by atoms with Crippen molar-refractivity contribution in [2.24, 2.45) is 5.92 Å². The minimum absolute atomic E-state index is 0.0126. The van der Waals surface area contributed by atoms with Gasteiger partial charge in [0.1, 0.15) is 17.0 Å². The minimum atomic E-state index is -0.615. The number of nitrogens with zero attached hydrogens (tertiary/aromatic N) is 1. The first-order valence-electron chi connectivity index (χ1n) is 11.6. The van der Waals surface area contributed by atoms with Crippen LogP contribution in [0.25, 0.3) is 0 Å². The van der Waals surface area contributed by atoms with E-state index in [0.29, 0.717) is 23.9 Å². The number of anilines is 1. The topological polar surface area (TPSA) is 94.2 Å². The van der Waals surface area contributed by atoms with E-state index < -0.39 is 29.4 Å². The zero-order chi connectivity index (χ0) is 24.6. The van der Waals surface area contributed by atoms with Gasteiger partial charge in [0.2, 0.25) is 0 Å². The predicted molar refractivity (Wildman–Crippen MR) is 126 cm³/mol. The lowest BCUT2D eigenvalue weighted by molar-refractivity contribution is -0.134. The summed E-state index contributed by atoms with van der Waals surface area (Å²) in [6.45, 7) is 11.5. The fourth-order valence-corrected chi connectivity index (χ4v) is 3.53. The summed E-state index contributed by atoms with van der Waals surface area (Å²) in [6.07, 6.45) is 3.49. The third-order valence-corrected chi connectivity index (χ3v) is 4.89. The molecule has 2 amide bonds. The van der Waals surface area contributed by atoms with E-state index in [1.54, 1.807) is 49.9 Å². The Bertz CT molecular complexity index is 819. The molecule has 1 saturated carbocycles. The highest BCUT2D eigenvalue weighted by Gasteiger charge is 2.27. The smallest absolute Gasteiger partial charge is 0.414 e. The summed E-state index contributed by atoms with van der Waals surface area (Å²) in [5.41, 5.74) is -0.604. The van der Waals surface area contributed by atoms with E-state index in [-0.39, 0.29) is 13.0 Å². The van der Waals surface area contributed by atoms with Gasteiger partial charge in [0, 0.05) is 19.2 Å². The lowest BCUT2D eigenvalue weighted by atomic mass is 10.1. The van der Waals surface area contributed by atoms with Crippen molar-refractivity contribution < 1.29 is 28.6 Å². The Morgan fingerprint density at radius 3 is 2.24 bits per heavy atom. The van der Waals surface area contributed by atoms with Crippen LogP contribution in [0.2, 0.25) is 0 Å². The van der Waals surface area contributed by atoms with Gasteiger partial charge in [-0.1, -0.05) is 18.9 Å². The molecule has 0 saturated heterocycles. The van der Waals surface area contributed by atoms with E-state index in [1.165, 1.54) is 12.8 Å². The van der Waals surface area contributed by atoms with Gasteiger partial charge in [0.15, 0.2) is 0 Å². The lowest BCUT2D eigenvalue weighted by Crippen LogP contribution is -2.39. The molecule has 2 rings (SSSR count). The Morgan fingerprint density at radius 1 is 1.00 bits per heavy atom. The highest BCUT2D eigenvalue weighted by Crippen LogP contribution is 2.30. The minimum Gasteiger partial charge on any atom is -0.444 e. The summed E-state index contributed by atoms with van der Waals surface area (Å²) in [4.78, 5) is 38.5. The second kappa shape index (κ2) is 11.4. The number of carbonyl (C=O) groups excluding carboxylic acids is 3. The number of esters is 1. The van der Waals surface area contributed by atoms with Crippen LogP contribution in [0.3, 0.4) is 0 Å². The summed E-state index contributed by atoms with van der Waals surface area (Å²) in [5, 5.41) is 2.53. The number of hydrogen-bond donors (Lipinski definition) is 1. The van der Waals surface area contributed by atoms with E-state index in [0.717, 1.165) is 12.8 Å². The molecule has 1 aliphatic rings. The van der Waals surface area contributed by atoms with Crippen LogP contribution < -0.4 is 15.0 Å². The monoisotopic (exact) mass is 462 g/mol. The molecule has 0 aliphatic heterocycles. The van der Waals surface area contributed by atoms with Crippen LogP contribution in [-0.4, -0.2) is 42.4 Å². The van der Waals surface area contributed by atoms with Crippen LogP contribution in [0.4, 0.5) is 15.3 Å². The first-order valence-corrected chi connectivity index (χ1v) is 11.6. The molecular weight excluding hydrogens is 424 g/mol. The summed E-state index contributed by atoms with van der Waals surface area (Å²) >= 11 is 0. The van der Waals surface area contributed by atoms with Crippen LogP contribution in [0.15, 0.2) is 24.3 Å². The third kappa shape index (κ3) is 10.1. The number of ether oxygens (including phenoxy) is 3. The second-order valence-electron chi connectivity index (χ2n) is 10.4. The van der Waals surface area contributed by atoms with Crippen molar-refractivity contribution >= 4 is 23.8 Å². The Balaban J connectivity index is 2.00. The maximum atomic E-state index is 12.9. The Labute approximate surface area is 196 Å². The van der Waals surface area contributed by atoms with Gasteiger partial charge in [-0.15, -0.1) is 0 Å². The lowest BCUT2D eigenvalue weighted by Gasteiger charge is -2.29. The Morgan fingerprint density at radius 2 is 1.64 bits per heavy atom. The van der Waals surface area contributed by atoms with E-state index in [4.69, 9.17) is 14.2 Å². The molecule has 8 nitrogen and oxygen atoms in total. The van der Waals surface area contributed by atoms with Gasteiger partial charge < -0.3 is 19.5 Å². The van der Waals surface area contributed by atoms with Crippen molar-refractivity contribution in [1.82, 2.24) is 5.32 Å². The van der Waals surface area contributed by atoms with Gasteiger partial charge in [-0.05, 0) is 72.4 Å². The fourth-order valence-electron chi connectivity index (χ4n) is 3.53. The van der Waals surface area contributed by atoms with Crippen LogP contribution in [0, 0.1) is 5.92 Å². The molecule has 1 N–H and O–H groups in total. The largest absolute Gasteiger partial charge is 0.444 e. The number of benzene rings is 1. The molecule has 1 aliphatic carbocycles. The molecule has 0 atom stereocenters. The van der Waals surface area contributed by atoms with Gasteiger partial charge in [-0.2, -0.15) is 0 Å². The SMILES string of the molecule is CC(C)(C)OC(=O)NCCC(=O)Oc1cccc(N(CC2CCCC2)C(=O)OC(C)(C)C)c1. The number of rotatable bonds is 7. The quantitative estimate of drug-likeness (QED) is 0.428. The predicted octanol–water partition coefficient (Wildman–Crippen LogP) is 5.44. The summed E-state index contributed by atoms with van der Waals surface area (Å²) in [5.74, 6) is 0.250. The van der Waals surface area contributed by atoms with Gasteiger partial charge in [0.25, 0.3) is 0 Å². The summed E-state index contributed by atoms with van der Waals surface area (Å²) in [6, 6.07) is 6.87. The number of hydrogen-bond acceptors (Lipinski definition) is 6. The second-order valence-corrected chi connectivity index (χ2v) is 10.4. The van der Waals surface area contributed by atoms with E-state index >= 15 is 0 Å². The highest BCUT2D eigenvalue weighted by atomic mass is 16.6. The van der Waals surface area contributed by atoms with Crippen LogP contribution in [0.1, 0.15) is 73.6 Å². The van der Waals surface area contributed by atoms with Crippen molar-refractivity contribution in [3.63, 3.8) is 0 Å². The average Bonchev–Trinajstić information content (AvgIpc) is 3.16. The number of amides is 2. The Kier molecular flexibility index (Phi) is 9.14. The highest BCUT2D eigenvalue weighted by molar-refractivity contribution is 5.88. The van der Waals surface area contributed by atoms with Gasteiger partial charge in [0.05, 0.1) is 12.1 Å². The summed E-state index contributed by atoms with van der Waals surface area (Å²) in [7, 11) is 0. The van der Waals surface area contributed by atoms with Crippen LogP contribution in [0.5, 0.6) is 5.75 Å². The first-order chi connectivity index (χ1) is 15.3. The molecule has 0 radical (unpaired) electrons. The normalized spacial score (nSPS) is 14.5. The average molecular weight is 463 g/mol. The number of alkyl carbamates (subject to hydrolysis) is 1. The van der Waals surface area contributed by atoms with E-state index in [2.05, 4.69) is 5.32 Å². The van der Waals surface area contributed by atoms with E-state index in [1.807, 2.05) is 20.8 Å². The van der Waals surface area contributed by atoms with Crippen molar-refractivity contribution in [2.75, 3.05) is 18.0 Å². The van der Waals surface area contributed by atoms with Gasteiger partial charge in [-0.25, -0.2) is 9.59 Å².